The van der Waals surface area contributed by atoms with E-state index in [1.807, 2.05) is 41.9 Å². The lowest BCUT2D eigenvalue weighted by Crippen LogP contribution is -2.34. The lowest BCUT2D eigenvalue weighted by Gasteiger charge is -2.21. The smallest absolute Gasteiger partial charge is 0.208 e. The molecule has 2 aliphatic rings. The molecule has 3 heterocycles. The second-order valence-corrected chi connectivity index (χ2v) is 9.84. The number of halogens is 1. The first-order valence-electron chi connectivity index (χ1n) is 9.11. The van der Waals surface area contributed by atoms with Gasteiger partial charge in [0.05, 0.1) is 22.3 Å². The Morgan fingerprint density at radius 2 is 1.93 bits per heavy atom. The maximum atomic E-state index is 11.4. The lowest BCUT2D eigenvalue weighted by molar-refractivity contribution is 0.576. The number of rotatable bonds is 4. The summed E-state index contributed by atoms with van der Waals surface area (Å²) < 4.78 is 27.7. The van der Waals surface area contributed by atoms with Crippen LogP contribution < -0.4 is 9.62 Å². The number of anilines is 1. The highest BCUT2D eigenvalue weighted by atomic mass is 35.5. The molecule has 5 rings (SSSR count). The van der Waals surface area contributed by atoms with Crippen LogP contribution >= 0.6 is 11.6 Å². The normalized spacial score (nSPS) is 24.0. The molecule has 28 heavy (non-hydrogen) atoms. The van der Waals surface area contributed by atoms with E-state index >= 15 is 0 Å². The third kappa shape index (κ3) is 2.96. The van der Waals surface area contributed by atoms with E-state index < -0.39 is 10.0 Å². The summed E-state index contributed by atoms with van der Waals surface area (Å²) in [5, 5.41) is 0.558. The van der Waals surface area contributed by atoms with E-state index in [2.05, 4.69) is 14.6 Å². The number of pyridine rings is 1. The van der Waals surface area contributed by atoms with Gasteiger partial charge in [0.2, 0.25) is 10.0 Å². The summed E-state index contributed by atoms with van der Waals surface area (Å²) in [5.74, 6) is 2.32. The van der Waals surface area contributed by atoms with Crippen LogP contribution in [-0.4, -0.2) is 48.3 Å². The molecule has 1 aliphatic heterocycles. The number of nitrogens with zero attached hydrogens (tertiary/aromatic N) is 4. The molecule has 1 aromatic carbocycles. The van der Waals surface area contributed by atoms with Gasteiger partial charge in [0.1, 0.15) is 11.6 Å². The first-order valence-corrected chi connectivity index (χ1v) is 11.4. The van der Waals surface area contributed by atoms with Crippen LogP contribution in [0.25, 0.3) is 22.4 Å². The van der Waals surface area contributed by atoms with Crippen molar-refractivity contribution in [1.82, 2.24) is 19.3 Å². The van der Waals surface area contributed by atoms with Crippen LogP contribution in [0.1, 0.15) is 0 Å². The number of piperidine rings is 1. The summed E-state index contributed by atoms with van der Waals surface area (Å²) >= 11 is 6.46. The maximum Gasteiger partial charge on any atom is 0.208 e. The highest BCUT2D eigenvalue weighted by Gasteiger charge is 2.57. The van der Waals surface area contributed by atoms with Crippen molar-refractivity contribution in [1.29, 1.82) is 0 Å². The summed E-state index contributed by atoms with van der Waals surface area (Å²) in [5.41, 5.74) is 2.81. The molecule has 7 nitrogen and oxygen atoms in total. The number of imidazole rings is 1. The highest BCUT2D eigenvalue weighted by molar-refractivity contribution is 7.88. The van der Waals surface area contributed by atoms with E-state index in [4.69, 9.17) is 16.6 Å². The summed E-state index contributed by atoms with van der Waals surface area (Å²) in [4.78, 5) is 11.4. The number of hydrogen-bond donors (Lipinski definition) is 1. The van der Waals surface area contributed by atoms with Crippen molar-refractivity contribution in [3.05, 3.63) is 41.6 Å². The fraction of sp³-hybridized carbons (Fsp3) is 0.368. The Bertz CT molecular complexity index is 1180. The number of aryl methyl sites for hydroxylation is 1. The molecule has 1 N–H and O–H groups in total. The van der Waals surface area contributed by atoms with Crippen LogP contribution in [0.2, 0.25) is 5.02 Å². The number of aromatic nitrogens is 3. The van der Waals surface area contributed by atoms with Crippen LogP contribution in [0.15, 0.2) is 36.5 Å². The molecule has 3 aromatic rings. The molecule has 2 fully saturated rings. The van der Waals surface area contributed by atoms with Gasteiger partial charge in [-0.05, 0) is 30.0 Å². The predicted octanol–water partition coefficient (Wildman–Crippen LogP) is 2.27. The third-order valence-electron chi connectivity index (χ3n) is 5.74. The minimum absolute atomic E-state index is 0.0536. The Kier molecular flexibility index (Phi) is 3.94. The summed E-state index contributed by atoms with van der Waals surface area (Å²) in [6.45, 7) is 1.57. The van der Waals surface area contributed by atoms with Gasteiger partial charge in [-0.15, -0.1) is 0 Å². The second-order valence-electron chi connectivity index (χ2n) is 7.65. The monoisotopic (exact) mass is 417 g/mol. The standard InChI is InChI=1S/C19H20ClN5O2S/c1-24-16-6-4-3-5-15(16)22-19(24)11-7-17(21-8-14(11)20)25-9-12-13(10-25)18(12)23-28(2,26)27/h3-8,12-13,18,23H,9-10H2,1-2H3/t12-,13+,18+. The molecule has 9 heteroatoms. The Morgan fingerprint density at radius 3 is 2.61 bits per heavy atom. The van der Waals surface area contributed by atoms with Gasteiger partial charge in [-0.3, -0.25) is 0 Å². The number of sulfonamides is 1. The SMILES string of the molecule is Cn1c(-c2cc(N3C[C@@H]4[C@H](C3)[C@H]4NS(C)(=O)=O)ncc2Cl)nc2ccccc21. The van der Waals surface area contributed by atoms with Crippen LogP contribution in [-0.2, 0) is 17.1 Å². The molecule has 0 radical (unpaired) electrons. The number of benzene rings is 1. The fourth-order valence-electron chi connectivity index (χ4n) is 4.29. The van der Waals surface area contributed by atoms with Gasteiger partial charge in [0, 0.05) is 37.9 Å². The summed E-state index contributed by atoms with van der Waals surface area (Å²) in [6, 6.07) is 10.0. The first kappa shape index (κ1) is 17.9. The quantitative estimate of drug-likeness (QED) is 0.704. The number of nitrogens with one attached hydrogen (secondary N) is 1. The Hall–Kier alpha value is -2.16. The average Bonchev–Trinajstić information content (AvgIpc) is 2.99. The molecular weight excluding hydrogens is 398 g/mol. The number of hydrogen-bond acceptors (Lipinski definition) is 5. The van der Waals surface area contributed by atoms with Crippen molar-refractivity contribution >= 4 is 38.5 Å². The van der Waals surface area contributed by atoms with Gasteiger partial charge in [-0.25, -0.2) is 23.1 Å². The van der Waals surface area contributed by atoms with E-state index in [0.717, 1.165) is 41.3 Å². The first-order chi connectivity index (χ1) is 13.3. The molecule has 146 valence electrons. The lowest BCUT2D eigenvalue weighted by atomic mass is 10.2. The predicted molar refractivity (Wildman–Crippen MR) is 110 cm³/mol. The van der Waals surface area contributed by atoms with Crippen molar-refractivity contribution < 1.29 is 8.42 Å². The second kappa shape index (κ2) is 6.17. The molecule has 1 saturated heterocycles. The summed E-state index contributed by atoms with van der Waals surface area (Å²) in [7, 11) is -1.18. The van der Waals surface area contributed by atoms with Gasteiger partial charge in [0.15, 0.2) is 0 Å². The van der Waals surface area contributed by atoms with Crippen molar-refractivity contribution in [2.24, 2.45) is 18.9 Å². The van der Waals surface area contributed by atoms with Crippen LogP contribution in [0.3, 0.4) is 0 Å². The molecular formula is C19H20ClN5O2S. The van der Waals surface area contributed by atoms with Crippen molar-refractivity contribution in [2.75, 3.05) is 24.2 Å². The Labute approximate surface area is 168 Å². The molecule has 3 atom stereocenters. The topological polar surface area (TPSA) is 80.1 Å². The van der Waals surface area contributed by atoms with Crippen molar-refractivity contribution in [2.45, 2.75) is 6.04 Å². The van der Waals surface area contributed by atoms with Gasteiger partial charge in [0.25, 0.3) is 0 Å². The molecule has 2 aromatic heterocycles. The Morgan fingerprint density at radius 1 is 1.21 bits per heavy atom. The molecule has 0 spiro atoms. The van der Waals surface area contributed by atoms with E-state index in [0.29, 0.717) is 16.9 Å². The Balaban J connectivity index is 1.43. The van der Waals surface area contributed by atoms with Gasteiger partial charge < -0.3 is 9.47 Å². The maximum absolute atomic E-state index is 11.4. The van der Waals surface area contributed by atoms with E-state index in [1.165, 1.54) is 6.26 Å². The molecule has 0 unspecified atom stereocenters. The van der Waals surface area contributed by atoms with Gasteiger partial charge in [-0.2, -0.15) is 0 Å². The highest BCUT2D eigenvalue weighted by Crippen LogP contribution is 2.47. The largest absolute Gasteiger partial charge is 0.356 e. The third-order valence-corrected chi connectivity index (χ3v) is 6.74. The van der Waals surface area contributed by atoms with Crippen LogP contribution in [0.4, 0.5) is 5.82 Å². The molecule has 0 bridgehead atoms. The minimum Gasteiger partial charge on any atom is -0.356 e. The fourth-order valence-corrected chi connectivity index (χ4v) is 5.33. The van der Waals surface area contributed by atoms with Crippen LogP contribution in [0.5, 0.6) is 0 Å². The van der Waals surface area contributed by atoms with Gasteiger partial charge in [-0.1, -0.05) is 23.7 Å². The zero-order chi connectivity index (χ0) is 19.6. The number of fused-ring (bicyclic) bond motifs is 2. The number of para-hydroxylation sites is 2. The molecule has 1 aliphatic carbocycles. The zero-order valence-corrected chi connectivity index (χ0v) is 17.1. The van der Waals surface area contributed by atoms with Crippen LogP contribution in [0, 0.1) is 11.8 Å². The molecule has 1 saturated carbocycles. The van der Waals surface area contributed by atoms with E-state index in [9.17, 15) is 8.42 Å². The van der Waals surface area contributed by atoms with Gasteiger partial charge >= 0.3 is 0 Å². The minimum atomic E-state index is -3.16. The molecule has 0 amide bonds. The average molecular weight is 418 g/mol. The van der Waals surface area contributed by atoms with E-state index in [-0.39, 0.29) is 6.04 Å². The van der Waals surface area contributed by atoms with E-state index in [1.54, 1.807) is 6.20 Å². The zero-order valence-electron chi connectivity index (χ0n) is 15.5. The van der Waals surface area contributed by atoms with Crippen molar-refractivity contribution in [3.63, 3.8) is 0 Å². The summed E-state index contributed by atoms with van der Waals surface area (Å²) in [6.07, 6.45) is 2.88. The van der Waals surface area contributed by atoms with Crippen molar-refractivity contribution in [3.8, 4) is 11.4 Å².